The molecule has 0 N–H and O–H groups in total. The van der Waals surface area contributed by atoms with Gasteiger partial charge in [0.15, 0.2) is 11.6 Å². The summed E-state index contributed by atoms with van der Waals surface area (Å²) in [5.74, 6) is -2.80. The first-order valence-corrected chi connectivity index (χ1v) is 6.89. The average Bonchev–Trinajstić information content (AvgIpc) is 2.45. The zero-order valence-corrected chi connectivity index (χ0v) is 13.3. The number of aromatic nitrogens is 1. The topological polar surface area (TPSA) is 65.3 Å². The molecule has 0 radical (unpaired) electrons. The van der Waals surface area contributed by atoms with Crippen molar-refractivity contribution in [3.8, 4) is 11.6 Å². The van der Waals surface area contributed by atoms with E-state index in [0.29, 0.717) is 6.07 Å². The summed E-state index contributed by atoms with van der Waals surface area (Å²) < 4.78 is 56.7. The Morgan fingerprint density at radius 2 is 1.83 bits per heavy atom. The van der Waals surface area contributed by atoms with Crippen LogP contribution in [0.5, 0.6) is 11.6 Å². The number of hydrogen-bond acceptors (Lipinski definition) is 4. The smallest absolute Gasteiger partial charge is 0.419 e. The fraction of sp³-hybridized carbons (Fsp3) is 0.0833. The van der Waals surface area contributed by atoms with E-state index in [1.165, 1.54) is 0 Å². The predicted molar refractivity (Wildman–Crippen MR) is 77.4 cm³/mol. The van der Waals surface area contributed by atoms with Crippen LogP contribution in [0.2, 0.25) is 15.2 Å². The molecule has 0 bridgehead atoms. The van der Waals surface area contributed by atoms with Crippen LogP contribution in [0, 0.1) is 15.9 Å². The van der Waals surface area contributed by atoms with Crippen molar-refractivity contribution in [3.05, 3.63) is 54.9 Å². The third kappa shape index (κ3) is 3.63. The number of pyridine rings is 1. The summed E-state index contributed by atoms with van der Waals surface area (Å²) in [5, 5.41) is 8.42. The lowest BCUT2D eigenvalue weighted by atomic mass is 10.2. The van der Waals surface area contributed by atoms with E-state index in [-0.39, 0.29) is 5.88 Å². The van der Waals surface area contributed by atoms with Gasteiger partial charge in [-0.3, -0.25) is 10.1 Å². The van der Waals surface area contributed by atoms with Gasteiger partial charge in [-0.2, -0.15) is 18.2 Å². The van der Waals surface area contributed by atoms with E-state index < -0.39 is 49.1 Å². The first-order chi connectivity index (χ1) is 11.0. The highest BCUT2D eigenvalue weighted by atomic mass is 35.5. The number of rotatable bonds is 3. The number of ether oxygens (including phenoxy) is 1. The van der Waals surface area contributed by atoms with Crippen molar-refractivity contribution >= 4 is 40.5 Å². The molecule has 0 aliphatic carbocycles. The Hall–Kier alpha value is -1.84. The minimum Gasteiger partial charge on any atom is -0.436 e. The highest BCUT2D eigenvalue weighted by molar-refractivity contribution is 6.37. The van der Waals surface area contributed by atoms with Crippen LogP contribution in [0.25, 0.3) is 0 Å². The van der Waals surface area contributed by atoms with Crippen LogP contribution in [-0.4, -0.2) is 9.91 Å². The fourth-order valence-electron chi connectivity index (χ4n) is 1.59. The third-order valence-corrected chi connectivity index (χ3v) is 3.53. The van der Waals surface area contributed by atoms with Gasteiger partial charge in [0.05, 0.1) is 15.5 Å². The van der Waals surface area contributed by atoms with Crippen LogP contribution < -0.4 is 4.74 Å². The average molecular weight is 406 g/mol. The van der Waals surface area contributed by atoms with E-state index in [4.69, 9.17) is 39.5 Å². The highest BCUT2D eigenvalue weighted by Crippen LogP contribution is 2.44. The lowest BCUT2D eigenvalue weighted by Gasteiger charge is -2.14. The maximum absolute atomic E-state index is 13.8. The number of nitro groups is 1. The molecule has 5 nitrogen and oxygen atoms in total. The number of alkyl halides is 3. The monoisotopic (exact) mass is 404 g/mol. The van der Waals surface area contributed by atoms with Crippen LogP contribution >= 0.6 is 34.8 Å². The van der Waals surface area contributed by atoms with E-state index in [1.54, 1.807) is 0 Å². The highest BCUT2D eigenvalue weighted by Gasteiger charge is 2.37. The third-order valence-electron chi connectivity index (χ3n) is 2.63. The summed E-state index contributed by atoms with van der Waals surface area (Å²) in [4.78, 5) is 13.3. The summed E-state index contributed by atoms with van der Waals surface area (Å²) in [6.45, 7) is 0. The summed E-state index contributed by atoms with van der Waals surface area (Å²) in [6, 6.07) is 2.23. The summed E-state index contributed by atoms with van der Waals surface area (Å²) >= 11 is 16.7. The normalized spacial score (nSPS) is 11.5. The van der Waals surface area contributed by atoms with Gasteiger partial charge in [0.1, 0.15) is 5.02 Å². The molecule has 0 amide bonds. The van der Waals surface area contributed by atoms with Gasteiger partial charge in [-0.25, -0.2) is 4.39 Å². The minimum absolute atomic E-state index is 0.297. The molecule has 24 heavy (non-hydrogen) atoms. The Bertz CT molecular complexity index is 830. The molecule has 128 valence electrons. The number of hydrogen-bond donors (Lipinski definition) is 0. The molecule has 1 aromatic carbocycles. The van der Waals surface area contributed by atoms with Gasteiger partial charge < -0.3 is 4.74 Å². The second-order valence-corrected chi connectivity index (χ2v) is 5.32. The van der Waals surface area contributed by atoms with Gasteiger partial charge in [-0.15, -0.1) is 0 Å². The van der Waals surface area contributed by atoms with Gasteiger partial charge >= 0.3 is 11.9 Å². The minimum atomic E-state index is -5.01. The van der Waals surface area contributed by atoms with Crippen molar-refractivity contribution in [2.24, 2.45) is 0 Å². The zero-order chi connectivity index (χ0) is 18.2. The van der Waals surface area contributed by atoms with Crippen LogP contribution in [-0.2, 0) is 6.18 Å². The van der Waals surface area contributed by atoms with Crippen molar-refractivity contribution in [2.45, 2.75) is 6.18 Å². The molecule has 0 spiro atoms. The SMILES string of the molecule is O=[N+]([O-])c1ccc(Oc2c(Cl)cc(C(F)(F)F)c(F)c2Cl)nc1Cl. The molecule has 12 heteroatoms. The van der Waals surface area contributed by atoms with Crippen molar-refractivity contribution in [1.29, 1.82) is 0 Å². The first-order valence-electron chi connectivity index (χ1n) is 5.76. The van der Waals surface area contributed by atoms with Crippen molar-refractivity contribution in [2.75, 3.05) is 0 Å². The second kappa shape index (κ2) is 6.58. The standard InChI is InChI=1S/C12H3Cl3F4N2O3/c13-5-3-4(12(17,18)19)9(16)8(14)10(5)24-7-2-1-6(21(22)23)11(15)20-7/h1-3H. The van der Waals surface area contributed by atoms with Gasteiger partial charge in [0.25, 0.3) is 0 Å². The molecule has 0 saturated heterocycles. The van der Waals surface area contributed by atoms with Crippen molar-refractivity contribution in [1.82, 2.24) is 4.98 Å². The molecule has 0 fully saturated rings. The molecule has 0 aliphatic rings. The lowest BCUT2D eigenvalue weighted by Crippen LogP contribution is -2.09. The van der Waals surface area contributed by atoms with Gasteiger partial charge in [0, 0.05) is 12.1 Å². The number of benzene rings is 1. The molecule has 2 aromatic rings. The molecule has 2 rings (SSSR count). The Labute approximate surface area is 145 Å². The molecular weight excluding hydrogens is 402 g/mol. The van der Waals surface area contributed by atoms with Crippen molar-refractivity contribution in [3.63, 3.8) is 0 Å². The van der Waals surface area contributed by atoms with E-state index in [2.05, 4.69) is 4.98 Å². The Morgan fingerprint density at radius 3 is 2.33 bits per heavy atom. The van der Waals surface area contributed by atoms with Gasteiger partial charge in [-0.1, -0.05) is 34.8 Å². The molecular formula is C12H3Cl3F4N2O3. The largest absolute Gasteiger partial charge is 0.436 e. The van der Waals surface area contributed by atoms with Crippen LogP contribution in [0.1, 0.15) is 5.56 Å². The molecule has 1 aromatic heterocycles. The maximum atomic E-state index is 13.8. The second-order valence-electron chi connectivity index (χ2n) is 4.18. The predicted octanol–water partition coefficient (Wildman–Crippen LogP) is 5.90. The van der Waals surface area contributed by atoms with Crippen LogP contribution in [0.3, 0.4) is 0 Å². The zero-order valence-electron chi connectivity index (χ0n) is 11.0. The van der Waals surface area contributed by atoms with E-state index in [9.17, 15) is 27.7 Å². The Morgan fingerprint density at radius 1 is 1.21 bits per heavy atom. The number of nitrogens with zero attached hydrogens (tertiary/aromatic N) is 2. The van der Waals surface area contributed by atoms with Crippen molar-refractivity contribution < 1.29 is 27.2 Å². The molecule has 0 unspecified atom stereocenters. The van der Waals surface area contributed by atoms with E-state index in [1.807, 2.05) is 0 Å². The number of halogens is 7. The first kappa shape index (κ1) is 18.5. The summed E-state index contributed by atoms with van der Waals surface area (Å²) in [7, 11) is 0. The van der Waals surface area contributed by atoms with Crippen LogP contribution in [0.4, 0.5) is 23.2 Å². The molecule has 0 saturated carbocycles. The Balaban J connectivity index is 2.46. The quantitative estimate of drug-likeness (QED) is 0.210. The van der Waals surface area contributed by atoms with Crippen LogP contribution in [0.15, 0.2) is 18.2 Å². The van der Waals surface area contributed by atoms with E-state index >= 15 is 0 Å². The van der Waals surface area contributed by atoms with E-state index in [0.717, 1.165) is 12.1 Å². The molecule has 1 heterocycles. The Kier molecular flexibility index (Phi) is 5.07. The maximum Gasteiger partial charge on any atom is 0.419 e. The summed E-state index contributed by atoms with van der Waals surface area (Å²) in [6.07, 6.45) is -5.01. The molecule has 0 atom stereocenters. The van der Waals surface area contributed by atoms with Gasteiger partial charge in [-0.05, 0) is 6.07 Å². The molecule has 0 aliphatic heterocycles. The van der Waals surface area contributed by atoms with Gasteiger partial charge in [0.2, 0.25) is 11.0 Å². The lowest BCUT2D eigenvalue weighted by molar-refractivity contribution is -0.385. The fourth-order valence-corrected chi connectivity index (χ4v) is 2.33. The summed E-state index contributed by atoms with van der Waals surface area (Å²) in [5.41, 5.74) is -2.20.